The van der Waals surface area contributed by atoms with E-state index in [1.54, 1.807) is 0 Å². The maximum absolute atomic E-state index is 12.0. The van der Waals surface area contributed by atoms with E-state index >= 15 is 0 Å². The van der Waals surface area contributed by atoms with Crippen LogP contribution in [-0.2, 0) is 0 Å². The van der Waals surface area contributed by atoms with Gasteiger partial charge in [-0.25, -0.2) is 4.79 Å². The van der Waals surface area contributed by atoms with Gasteiger partial charge < -0.3 is 15.1 Å². The lowest BCUT2D eigenvalue weighted by Crippen LogP contribution is -2.50. The van der Waals surface area contributed by atoms with E-state index in [1.165, 1.54) is 0 Å². The van der Waals surface area contributed by atoms with Crippen molar-refractivity contribution in [3.63, 3.8) is 0 Å². The molecule has 0 heterocycles. The van der Waals surface area contributed by atoms with Crippen LogP contribution >= 0.6 is 0 Å². The van der Waals surface area contributed by atoms with Crippen LogP contribution in [0.4, 0.5) is 4.79 Å². The Bertz CT molecular complexity index is 209. The van der Waals surface area contributed by atoms with Crippen molar-refractivity contribution in [1.82, 2.24) is 15.1 Å². The predicted octanol–water partition coefficient (Wildman–Crippen LogP) is 1.77. The minimum atomic E-state index is -0.165. The maximum atomic E-state index is 12.0. The van der Waals surface area contributed by atoms with Crippen LogP contribution in [0.15, 0.2) is 0 Å². The number of nitrogens with zero attached hydrogens (tertiary/aromatic N) is 2. The molecule has 2 amide bonds. The van der Waals surface area contributed by atoms with Crippen molar-refractivity contribution < 1.29 is 4.79 Å². The van der Waals surface area contributed by atoms with Crippen molar-refractivity contribution in [2.45, 2.75) is 39.7 Å². The van der Waals surface area contributed by atoms with Crippen molar-refractivity contribution in [2.24, 2.45) is 0 Å². The Morgan fingerprint density at radius 3 is 2.06 bits per heavy atom. The fourth-order valence-corrected chi connectivity index (χ4v) is 1.31. The average molecular weight is 229 g/mol. The summed E-state index contributed by atoms with van der Waals surface area (Å²) in [5.74, 6) is 0. The van der Waals surface area contributed by atoms with Gasteiger partial charge in [-0.2, -0.15) is 0 Å². The molecule has 0 atom stereocenters. The highest BCUT2D eigenvalue weighted by atomic mass is 16.2. The van der Waals surface area contributed by atoms with Crippen LogP contribution in [0.3, 0.4) is 0 Å². The lowest BCUT2D eigenvalue weighted by Gasteiger charge is -2.29. The van der Waals surface area contributed by atoms with Gasteiger partial charge in [0.05, 0.1) is 0 Å². The summed E-state index contributed by atoms with van der Waals surface area (Å²) in [6.45, 7) is 10.6. The van der Waals surface area contributed by atoms with Gasteiger partial charge in [-0.1, -0.05) is 6.92 Å². The quantitative estimate of drug-likeness (QED) is 0.780. The lowest BCUT2D eigenvalue weighted by molar-refractivity contribution is 0.183. The molecular weight excluding hydrogens is 202 g/mol. The zero-order valence-corrected chi connectivity index (χ0v) is 11.6. The molecular formula is C12H27N3O. The number of hydrogen-bond donors (Lipinski definition) is 1. The predicted molar refractivity (Wildman–Crippen MR) is 68.7 cm³/mol. The maximum Gasteiger partial charge on any atom is 0.317 e. The highest BCUT2D eigenvalue weighted by Crippen LogP contribution is 2.02. The van der Waals surface area contributed by atoms with Gasteiger partial charge in [0.1, 0.15) is 0 Å². The van der Waals surface area contributed by atoms with Crippen LogP contribution in [0.1, 0.15) is 34.1 Å². The Balaban J connectivity index is 4.23. The van der Waals surface area contributed by atoms with Gasteiger partial charge in [0.15, 0.2) is 0 Å². The number of carbonyl (C=O) groups excluding carboxylic acids is 1. The van der Waals surface area contributed by atoms with E-state index in [-0.39, 0.29) is 11.6 Å². The molecule has 0 aromatic heterocycles. The van der Waals surface area contributed by atoms with Gasteiger partial charge in [0, 0.05) is 25.2 Å². The highest BCUT2D eigenvalue weighted by Gasteiger charge is 2.18. The smallest absolute Gasteiger partial charge is 0.317 e. The molecule has 4 nitrogen and oxygen atoms in total. The molecule has 0 rings (SSSR count). The Hall–Kier alpha value is -0.770. The van der Waals surface area contributed by atoms with Crippen LogP contribution in [0, 0.1) is 0 Å². The van der Waals surface area contributed by atoms with Crippen LogP contribution < -0.4 is 5.32 Å². The molecule has 0 bridgehead atoms. The lowest BCUT2D eigenvalue weighted by atomic mass is 10.1. The minimum Gasteiger partial charge on any atom is -0.333 e. The summed E-state index contributed by atoms with van der Waals surface area (Å²) < 4.78 is 0. The van der Waals surface area contributed by atoms with E-state index in [9.17, 15) is 4.79 Å². The summed E-state index contributed by atoms with van der Waals surface area (Å²) in [6, 6.07) is 0.0381. The molecule has 4 heteroatoms. The number of urea groups is 1. The number of likely N-dealkylation sites (N-methyl/N-ethyl adjacent to an activating group) is 1. The molecule has 1 N–H and O–H groups in total. The molecule has 0 aliphatic carbocycles. The Morgan fingerprint density at radius 1 is 1.12 bits per heavy atom. The summed E-state index contributed by atoms with van der Waals surface area (Å²) in [5, 5.41) is 3.00. The molecule has 0 aliphatic rings. The van der Waals surface area contributed by atoms with E-state index < -0.39 is 0 Å². The summed E-state index contributed by atoms with van der Waals surface area (Å²) in [6.07, 6.45) is 0.991. The van der Waals surface area contributed by atoms with E-state index in [1.807, 2.05) is 39.8 Å². The normalized spacial score (nSPS) is 11.7. The third-order valence-electron chi connectivity index (χ3n) is 2.08. The molecule has 0 radical (unpaired) electrons. The molecule has 0 aliphatic heterocycles. The van der Waals surface area contributed by atoms with Crippen LogP contribution in [0.2, 0.25) is 0 Å². The number of rotatable bonds is 5. The number of amides is 2. The summed E-state index contributed by atoms with van der Waals surface area (Å²) in [7, 11) is 4.04. The average Bonchev–Trinajstić information content (AvgIpc) is 2.08. The van der Waals surface area contributed by atoms with E-state index in [0.717, 1.165) is 26.1 Å². The first kappa shape index (κ1) is 15.2. The molecule has 0 aromatic carbocycles. The summed E-state index contributed by atoms with van der Waals surface area (Å²) >= 11 is 0. The van der Waals surface area contributed by atoms with Crippen molar-refractivity contribution >= 4 is 6.03 Å². The third kappa shape index (κ3) is 7.51. The molecule has 96 valence electrons. The highest BCUT2D eigenvalue weighted by molar-refractivity contribution is 5.74. The second-order valence-corrected chi connectivity index (χ2v) is 5.47. The topological polar surface area (TPSA) is 35.6 Å². The molecule has 16 heavy (non-hydrogen) atoms. The van der Waals surface area contributed by atoms with E-state index in [0.29, 0.717) is 0 Å². The van der Waals surface area contributed by atoms with Crippen molar-refractivity contribution in [3.8, 4) is 0 Å². The SMILES string of the molecule is CCCN(CCN(C)C)C(=O)NC(C)(C)C. The van der Waals surface area contributed by atoms with Crippen molar-refractivity contribution in [3.05, 3.63) is 0 Å². The van der Waals surface area contributed by atoms with Crippen molar-refractivity contribution in [1.29, 1.82) is 0 Å². The number of nitrogens with one attached hydrogen (secondary N) is 1. The van der Waals surface area contributed by atoms with Gasteiger partial charge in [0.25, 0.3) is 0 Å². The molecule has 0 aromatic rings. The number of hydrogen-bond acceptors (Lipinski definition) is 2. The van der Waals surface area contributed by atoms with Gasteiger partial charge in [-0.15, -0.1) is 0 Å². The second-order valence-electron chi connectivity index (χ2n) is 5.47. The fraction of sp³-hybridized carbons (Fsp3) is 0.917. The van der Waals surface area contributed by atoms with E-state index in [2.05, 4.69) is 17.1 Å². The molecule has 0 unspecified atom stereocenters. The molecule has 0 saturated heterocycles. The second kappa shape index (κ2) is 6.74. The zero-order valence-electron chi connectivity index (χ0n) is 11.6. The van der Waals surface area contributed by atoms with Gasteiger partial charge >= 0.3 is 6.03 Å². The minimum absolute atomic E-state index is 0.0381. The summed E-state index contributed by atoms with van der Waals surface area (Å²) in [5.41, 5.74) is -0.165. The molecule has 0 spiro atoms. The van der Waals surface area contributed by atoms with Gasteiger partial charge in [-0.05, 0) is 41.3 Å². The van der Waals surface area contributed by atoms with Crippen LogP contribution in [-0.4, -0.2) is 55.1 Å². The fourth-order valence-electron chi connectivity index (χ4n) is 1.31. The first-order valence-corrected chi connectivity index (χ1v) is 5.98. The molecule has 0 saturated carbocycles. The Kier molecular flexibility index (Phi) is 6.41. The third-order valence-corrected chi connectivity index (χ3v) is 2.08. The Morgan fingerprint density at radius 2 is 1.69 bits per heavy atom. The first-order valence-electron chi connectivity index (χ1n) is 5.98. The summed E-state index contributed by atoms with van der Waals surface area (Å²) in [4.78, 5) is 15.9. The van der Waals surface area contributed by atoms with Crippen molar-refractivity contribution in [2.75, 3.05) is 33.7 Å². The Labute approximate surface area is 100.0 Å². The van der Waals surface area contributed by atoms with Gasteiger partial charge in [0.2, 0.25) is 0 Å². The largest absolute Gasteiger partial charge is 0.333 e. The first-order chi connectivity index (χ1) is 7.26. The number of carbonyl (C=O) groups is 1. The standard InChI is InChI=1S/C12H27N3O/c1-7-8-15(10-9-14(5)6)11(16)13-12(2,3)4/h7-10H2,1-6H3,(H,13,16). The van der Waals surface area contributed by atoms with E-state index in [4.69, 9.17) is 0 Å². The van der Waals surface area contributed by atoms with Gasteiger partial charge in [-0.3, -0.25) is 0 Å². The van der Waals surface area contributed by atoms with Crippen LogP contribution in [0.25, 0.3) is 0 Å². The molecule has 0 fully saturated rings. The monoisotopic (exact) mass is 229 g/mol. The zero-order chi connectivity index (χ0) is 12.8. The van der Waals surface area contributed by atoms with Crippen LogP contribution in [0.5, 0.6) is 0 Å².